The van der Waals surface area contributed by atoms with Crippen LogP contribution >= 0.6 is 0 Å². The zero-order chi connectivity index (χ0) is 44.5. The third-order valence-electron chi connectivity index (χ3n) is 11.7. The predicted octanol–water partition coefficient (Wildman–Crippen LogP) is 15.6. The van der Waals surface area contributed by atoms with E-state index in [0.29, 0.717) is 19.3 Å². The fraction of sp³-hybridized carbons (Fsp3) is 0.782. The van der Waals surface area contributed by atoms with Gasteiger partial charge in [-0.1, -0.05) is 229 Å². The Morgan fingerprint density at radius 1 is 0.492 bits per heavy atom. The number of carbonyl (C=O) groups excluding carboxylic acids is 2. The minimum absolute atomic E-state index is 0.0550. The topological polar surface area (TPSA) is 95.9 Å². The lowest BCUT2D eigenvalue weighted by atomic mass is 10.0. The Morgan fingerprint density at radius 3 is 1.41 bits per heavy atom. The van der Waals surface area contributed by atoms with Gasteiger partial charge in [0.2, 0.25) is 5.91 Å². The summed E-state index contributed by atoms with van der Waals surface area (Å²) in [6.45, 7) is 6.33. The lowest BCUT2D eigenvalue weighted by Gasteiger charge is -2.24. The standard InChI is InChI=1S/C55H99NO5/c1-4-7-10-13-16-19-22-25-26-27-30-32-35-38-41-44-47-53(58)52(50-57)56-54(59)49-51(46-43-40-37-34-31-28-23-20-17-14-11-8-5-2)61-55(60)48-45-42-39-36-33-29-24-21-18-15-12-9-6-3/h9,12,15,18,20-21,23-24,29,33,51-53,57-58H,4-8,10-11,13-14,16-17,19,22,25-28,30-32,34-50H2,1-3H3,(H,56,59)/b12-9+,18-15+,23-20-,24-21-,33-29-. The first-order chi connectivity index (χ1) is 30.0. The quantitative estimate of drug-likeness (QED) is 0.0245. The van der Waals surface area contributed by atoms with Crippen LogP contribution in [0.3, 0.4) is 0 Å². The summed E-state index contributed by atoms with van der Waals surface area (Å²) < 4.78 is 5.91. The first kappa shape index (κ1) is 58.6. The summed E-state index contributed by atoms with van der Waals surface area (Å²) in [5, 5.41) is 23.8. The molecule has 0 fully saturated rings. The highest BCUT2D eigenvalue weighted by atomic mass is 16.5. The first-order valence-corrected chi connectivity index (χ1v) is 26.1. The molecule has 0 bridgehead atoms. The van der Waals surface area contributed by atoms with E-state index in [1.807, 2.05) is 24.3 Å². The molecule has 0 aromatic carbocycles. The minimum atomic E-state index is -0.798. The molecule has 61 heavy (non-hydrogen) atoms. The molecule has 0 aliphatic rings. The number of rotatable bonds is 46. The van der Waals surface area contributed by atoms with Gasteiger partial charge in [-0.3, -0.25) is 9.59 Å². The Bertz CT molecular complexity index is 1090. The van der Waals surface area contributed by atoms with Gasteiger partial charge in [-0.05, 0) is 70.6 Å². The number of esters is 1. The lowest BCUT2D eigenvalue weighted by molar-refractivity contribution is -0.151. The molecule has 0 spiro atoms. The van der Waals surface area contributed by atoms with E-state index >= 15 is 0 Å². The molecule has 0 aromatic rings. The van der Waals surface area contributed by atoms with Gasteiger partial charge >= 0.3 is 5.97 Å². The Balaban J connectivity index is 4.59. The summed E-state index contributed by atoms with van der Waals surface area (Å²) in [5.41, 5.74) is 0. The molecule has 0 rings (SSSR count). The van der Waals surface area contributed by atoms with Gasteiger partial charge in [0.1, 0.15) is 6.10 Å². The van der Waals surface area contributed by atoms with Gasteiger partial charge in [0.15, 0.2) is 0 Å². The van der Waals surface area contributed by atoms with Crippen molar-refractivity contribution in [1.82, 2.24) is 5.32 Å². The summed E-state index contributed by atoms with van der Waals surface area (Å²) >= 11 is 0. The average Bonchev–Trinajstić information content (AvgIpc) is 3.25. The Morgan fingerprint density at radius 2 is 0.902 bits per heavy atom. The molecule has 0 aliphatic carbocycles. The number of allylic oxidation sites excluding steroid dienone is 10. The van der Waals surface area contributed by atoms with Crippen molar-refractivity contribution in [1.29, 1.82) is 0 Å². The fourth-order valence-electron chi connectivity index (χ4n) is 7.73. The van der Waals surface area contributed by atoms with E-state index in [1.165, 1.54) is 128 Å². The number of aliphatic hydroxyl groups excluding tert-OH is 2. The first-order valence-electron chi connectivity index (χ1n) is 26.1. The molecule has 0 heterocycles. The summed E-state index contributed by atoms with van der Waals surface area (Å²) in [4.78, 5) is 26.1. The van der Waals surface area contributed by atoms with E-state index in [0.717, 1.165) is 77.0 Å². The Kier molecular flexibility index (Phi) is 46.6. The van der Waals surface area contributed by atoms with Crippen molar-refractivity contribution in [3.63, 3.8) is 0 Å². The van der Waals surface area contributed by atoms with Crippen molar-refractivity contribution >= 4 is 11.9 Å². The molecular formula is C55H99NO5. The predicted molar refractivity (Wildman–Crippen MR) is 264 cm³/mol. The summed E-state index contributed by atoms with van der Waals surface area (Å²) in [7, 11) is 0. The van der Waals surface area contributed by atoms with Gasteiger partial charge in [-0.15, -0.1) is 0 Å². The zero-order valence-electron chi connectivity index (χ0n) is 40.3. The van der Waals surface area contributed by atoms with Crippen molar-refractivity contribution in [2.24, 2.45) is 0 Å². The number of unbranched alkanes of at least 4 members (excludes halogenated alkanes) is 27. The molecule has 354 valence electrons. The minimum Gasteiger partial charge on any atom is -0.462 e. The molecule has 0 saturated heterocycles. The molecule has 3 unspecified atom stereocenters. The third kappa shape index (κ3) is 44.0. The van der Waals surface area contributed by atoms with Gasteiger partial charge in [0, 0.05) is 6.42 Å². The van der Waals surface area contributed by atoms with Crippen molar-refractivity contribution < 1.29 is 24.5 Å². The second-order valence-corrected chi connectivity index (χ2v) is 17.6. The summed E-state index contributed by atoms with van der Waals surface area (Å²) in [6, 6.07) is -0.713. The maximum absolute atomic E-state index is 13.2. The lowest BCUT2D eigenvalue weighted by Crippen LogP contribution is -2.46. The van der Waals surface area contributed by atoms with Crippen LogP contribution in [0.2, 0.25) is 0 Å². The fourth-order valence-corrected chi connectivity index (χ4v) is 7.73. The van der Waals surface area contributed by atoms with Crippen LogP contribution in [-0.4, -0.2) is 46.9 Å². The number of amides is 1. The van der Waals surface area contributed by atoms with Crippen LogP contribution in [0, 0.1) is 0 Å². The molecule has 0 saturated carbocycles. The normalized spacial score (nSPS) is 13.7. The number of hydrogen-bond donors (Lipinski definition) is 3. The van der Waals surface area contributed by atoms with Crippen molar-refractivity contribution in [3.8, 4) is 0 Å². The highest BCUT2D eigenvalue weighted by Crippen LogP contribution is 2.18. The number of nitrogens with one attached hydrogen (secondary N) is 1. The number of carbonyl (C=O) groups is 2. The van der Waals surface area contributed by atoms with Crippen LogP contribution in [0.5, 0.6) is 0 Å². The highest BCUT2D eigenvalue weighted by molar-refractivity contribution is 5.77. The van der Waals surface area contributed by atoms with Gasteiger partial charge in [-0.25, -0.2) is 0 Å². The van der Waals surface area contributed by atoms with Crippen molar-refractivity contribution in [3.05, 3.63) is 60.8 Å². The Hall–Kier alpha value is -2.44. The molecule has 0 radical (unpaired) electrons. The monoisotopic (exact) mass is 854 g/mol. The second-order valence-electron chi connectivity index (χ2n) is 17.6. The van der Waals surface area contributed by atoms with Crippen LogP contribution < -0.4 is 5.32 Å². The molecule has 6 heteroatoms. The van der Waals surface area contributed by atoms with Gasteiger partial charge in [0.05, 0.1) is 25.2 Å². The maximum atomic E-state index is 13.2. The largest absolute Gasteiger partial charge is 0.462 e. The zero-order valence-corrected chi connectivity index (χ0v) is 40.3. The van der Waals surface area contributed by atoms with E-state index in [1.54, 1.807) is 0 Å². The van der Waals surface area contributed by atoms with Gasteiger partial charge < -0.3 is 20.3 Å². The van der Waals surface area contributed by atoms with Gasteiger partial charge in [-0.2, -0.15) is 0 Å². The molecule has 0 aliphatic heterocycles. The van der Waals surface area contributed by atoms with Crippen LogP contribution in [0.25, 0.3) is 0 Å². The molecular weight excluding hydrogens is 755 g/mol. The molecule has 3 N–H and O–H groups in total. The maximum Gasteiger partial charge on any atom is 0.306 e. The van der Waals surface area contributed by atoms with Crippen LogP contribution in [0.4, 0.5) is 0 Å². The number of ether oxygens (including phenoxy) is 1. The summed E-state index contributed by atoms with van der Waals surface area (Å²) in [6.07, 6.45) is 59.9. The van der Waals surface area contributed by atoms with E-state index < -0.39 is 18.2 Å². The highest BCUT2D eigenvalue weighted by Gasteiger charge is 2.24. The van der Waals surface area contributed by atoms with Gasteiger partial charge in [0.25, 0.3) is 0 Å². The average molecular weight is 854 g/mol. The molecule has 6 nitrogen and oxygen atoms in total. The smallest absolute Gasteiger partial charge is 0.306 e. The Labute approximate surface area is 378 Å². The van der Waals surface area contributed by atoms with Crippen LogP contribution in [0.1, 0.15) is 252 Å². The van der Waals surface area contributed by atoms with Crippen LogP contribution in [0.15, 0.2) is 60.8 Å². The third-order valence-corrected chi connectivity index (χ3v) is 11.7. The molecule has 0 aromatic heterocycles. The summed E-state index contributed by atoms with van der Waals surface area (Å²) in [5.74, 6) is -0.526. The SMILES string of the molecule is CC/C=C/C=C/C=C\C=C/CCCCCC(=O)OC(CCCCCCC/C=C\CCCCCC)CC(=O)NC(CO)C(O)CCCCCCCCCCCCCCCCCC. The molecule has 3 atom stereocenters. The van der Waals surface area contributed by atoms with Crippen LogP contribution in [-0.2, 0) is 14.3 Å². The number of aliphatic hydroxyl groups is 2. The molecule has 1 amide bonds. The van der Waals surface area contributed by atoms with E-state index in [-0.39, 0.29) is 24.9 Å². The van der Waals surface area contributed by atoms with Crippen molar-refractivity contribution in [2.45, 2.75) is 270 Å². The van der Waals surface area contributed by atoms with Crippen molar-refractivity contribution in [2.75, 3.05) is 6.61 Å². The van der Waals surface area contributed by atoms with E-state index in [4.69, 9.17) is 4.74 Å². The van der Waals surface area contributed by atoms with E-state index in [2.05, 4.69) is 62.5 Å². The van der Waals surface area contributed by atoms with E-state index in [9.17, 15) is 19.8 Å². The second kappa shape index (κ2) is 48.6. The number of hydrogen-bond acceptors (Lipinski definition) is 5.